The van der Waals surface area contributed by atoms with Gasteiger partial charge in [0.15, 0.2) is 25.0 Å². The first-order chi connectivity index (χ1) is 9.18. The zero-order valence-corrected chi connectivity index (χ0v) is 19.0. The molecule has 0 aliphatic rings. The SMILES string of the molecule is CC(CCC(CO[Si](C)(C)C)O[Si](C)(C)C)O[Si](C)(C)C. The summed E-state index contributed by atoms with van der Waals surface area (Å²) < 4.78 is 18.5. The second kappa shape index (κ2) is 8.40. The second-order valence-corrected chi connectivity index (χ2v) is 22.3. The third-order valence-electron chi connectivity index (χ3n) is 2.67. The Morgan fingerprint density at radius 2 is 1.14 bits per heavy atom. The van der Waals surface area contributed by atoms with Gasteiger partial charge in [0.2, 0.25) is 0 Å². The molecule has 0 aliphatic carbocycles. The van der Waals surface area contributed by atoms with Crippen LogP contribution in [0.25, 0.3) is 0 Å². The van der Waals surface area contributed by atoms with Gasteiger partial charge in [-0.25, -0.2) is 0 Å². The number of rotatable bonds is 10. The summed E-state index contributed by atoms with van der Waals surface area (Å²) in [7, 11) is -4.45. The Morgan fingerprint density at radius 3 is 1.52 bits per heavy atom. The first-order valence-corrected chi connectivity index (χ1v) is 18.4. The van der Waals surface area contributed by atoms with E-state index in [1.165, 1.54) is 0 Å². The lowest BCUT2D eigenvalue weighted by molar-refractivity contribution is 0.0941. The summed E-state index contributed by atoms with van der Waals surface area (Å²) in [6, 6.07) is 0. The van der Waals surface area contributed by atoms with Gasteiger partial charge in [-0.3, -0.25) is 0 Å². The average molecular weight is 351 g/mol. The van der Waals surface area contributed by atoms with Crippen LogP contribution in [-0.2, 0) is 13.3 Å². The highest BCUT2D eigenvalue weighted by Gasteiger charge is 2.25. The molecule has 0 spiro atoms. The summed E-state index contributed by atoms with van der Waals surface area (Å²) in [5, 5.41) is 0. The van der Waals surface area contributed by atoms with Crippen LogP contribution in [-0.4, -0.2) is 43.8 Å². The van der Waals surface area contributed by atoms with Crippen LogP contribution in [0.4, 0.5) is 0 Å². The Labute approximate surface area is 136 Å². The Morgan fingerprint density at radius 1 is 0.667 bits per heavy atom. The molecule has 0 aromatic heterocycles. The Bertz CT molecular complexity index is 290. The summed E-state index contributed by atoms with van der Waals surface area (Å²) in [4.78, 5) is 0. The third kappa shape index (κ3) is 15.2. The monoisotopic (exact) mass is 350 g/mol. The van der Waals surface area contributed by atoms with Crippen LogP contribution < -0.4 is 0 Å². The largest absolute Gasteiger partial charge is 0.415 e. The first kappa shape index (κ1) is 21.5. The maximum atomic E-state index is 6.31. The van der Waals surface area contributed by atoms with E-state index in [4.69, 9.17) is 13.3 Å². The molecule has 3 nitrogen and oxygen atoms in total. The van der Waals surface area contributed by atoms with Crippen molar-refractivity contribution in [3.63, 3.8) is 0 Å². The molecular formula is C15H38O3Si3. The van der Waals surface area contributed by atoms with Crippen molar-refractivity contribution in [3.05, 3.63) is 0 Å². The molecule has 2 unspecified atom stereocenters. The van der Waals surface area contributed by atoms with E-state index in [-0.39, 0.29) is 6.10 Å². The molecule has 0 N–H and O–H groups in total. The summed E-state index contributed by atoms with van der Waals surface area (Å²) in [5.41, 5.74) is 0. The van der Waals surface area contributed by atoms with Gasteiger partial charge in [0, 0.05) is 6.10 Å². The fraction of sp³-hybridized carbons (Fsp3) is 1.00. The molecule has 0 aliphatic heterocycles. The molecule has 0 aromatic rings. The van der Waals surface area contributed by atoms with E-state index in [0.717, 1.165) is 19.4 Å². The smallest absolute Gasteiger partial charge is 0.184 e. The fourth-order valence-corrected chi connectivity index (χ4v) is 5.30. The predicted octanol–water partition coefficient (Wildman–Crippen LogP) is 5.08. The summed E-state index contributed by atoms with van der Waals surface area (Å²) in [6.07, 6.45) is 2.61. The highest BCUT2D eigenvalue weighted by Crippen LogP contribution is 2.18. The van der Waals surface area contributed by atoms with Gasteiger partial charge >= 0.3 is 0 Å². The molecule has 0 amide bonds. The van der Waals surface area contributed by atoms with Gasteiger partial charge in [-0.05, 0) is 78.7 Å². The zero-order chi connectivity index (χ0) is 16.9. The Kier molecular flexibility index (Phi) is 8.61. The topological polar surface area (TPSA) is 27.7 Å². The van der Waals surface area contributed by atoms with Gasteiger partial charge in [0.1, 0.15) is 0 Å². The molecule has 0 bridgehead atoms. The van der Waals surface area contributed by atoms with Gasteiger partial charge in [-0.1, -0.05) is 0 Å². The molecular weight excluding hydrogens is 312 g/mol. The minimum absolute atomic E-state index is 0.219. The van der Waals surface area contributed by atoms with Crippen LogP contribution in [0, 0.1) is 0 Å². The van der Waals surface area contributed by atoms with E-state index in [2.05, 4.69) is 65.8 Å². The minimum Gasteiger partial charge on any atom is -0.415 e. The quantitative estimate of drug-likeness (QED) is 0.514. The van der Waals surface area contributed by atoms with Crippen molar-refractivity contribution in [3.8, 4) is 0 Å². The van der Waals surface area contributed by atoms with Crippen molar-refractivity contribution < 1.29 is 13.3 Å². The molecule has 0 radical (unpaired) electrons. The lowest BCUT2D eigenvalue weighted by Crippen LogP contribution is -2.39. The van der Waals surface area contributed by atoms with Crippen molar-refractivity contribution in [2.45, 2.75) is 90.9 Å². The normalized spacial score (nSPS) is 16.9. The van der Waals surface area contributed by atoms with Gasteiger partial charge in [-0.2, -0.15) is 0 Å². The maximum Gasteiger partial charge on any atom is 0.184 e. The summed E-state index contributed by atoms with van der Waals surface area (Å²) in [6.45, 7) is 23.1. The molecule has 2 atom stereocenters. The number of hydrogen-bond acceptors (Lipinski definition) is 3. The number of hydrogen-bond donors (Lipinski definition) is 0. The van der Waals surface area contributed by atoms with E-state index in [9.17, 15) is 0 Å². The Balaban J connectivity index is 4.40. The molecule has 0 heterocycles. The van der Waals surface area contributed by atoms with E-state index in [1.807, 2.05) is 0 Å². The van der Waals surface area contributed by atoms with Crippen LogP contribution in [0.15, 0.2) is 0 Å². The van der Waals surface area contributed by atoms with Crippen molar-refractivity contribution in [1.82, 2.24) is 0 Å². The minimum atomic E-state index is -1.53. The van der Waals surface area contributed by atoms with Crippen LogP contribution in [0.3, 0.4) is 0 Å². The second-order valence-electron chi connectivity index (χ2n) is 8.89. The standard InChI is InChI=1S/C15H38O3Si3/c1-14(17-20(5,6)7)11-12-15(18-21(8,9)10)13-16-19(2,3)4/h14-15H,11-13H2,1-10H3. The van der Waals surface area contributed by atoms with Crippen molar-refractivity contribution >= 4 is 25.0 Å². The molecule has 21 heavy (non-hydrogen) atoms. The van der Waals surface area contributed by atoms with Crippen LogP contribution in [0.1, 0.15) is 19.8 Å². The summed E-state index contributed by atoms with van der Waals surface area (Å²) >= 11 is 0. The molecule has 0 rings (SSSR count). The van der Waals surface area contributed by atoms with Crippen LogP contribution in [0.2, 0.25) is 58.9 Å². The lowest BCUT2D eigenvalue weighted by atomic mass is 10.1. The van der Waals surface area contributed by atoms with E-state index >= 15 is 0 Å². The van der Waals surface area contributed by atoms with Crippen molar-refractivity contribution in [1.29, 1.82) is 0 Å². The predicted molar refractivity (Wildman–Crippen MR) is 101 cm³/mol. The van der Waals surface area contributed by atoms with Gasteiger partial charge in [0.25, 0.3) is 0 Å². The van der Waals surface area contributed by atoms with E-state index in [0.29, 0.717) is 6.10 Å². The highest BCUT2D eigenvalue weighted by atomic mass is 28.4. The van der Waals surface area contributed by atoms with Gasteiger partial charge in [0.05, 0.1) is 12.7 Å². The van der Waals surface area contributed by atoms with Gasteiger partial charge in [-0.15, -0.1) is 0 Å². The van der Waals surface area contributed by atoms with E-state index in [1.54, 1.807) is 0 Å². The van der Waals surface area contributed by atoms with Crippen LogP contribution >= 0.6 is 0 Å². The Hall–Kier alpha value is 0.531. The molecule has 0 aromatic carbocycles. The highest BCUT2D eigenvalue weighted by molar-refractivity contribution is 6.70. The third-order valence-corrected chi connectivity index (χ3v) is 5.85. The van der Waals surface area contributed by atoms with Crippen molar-refractivity contribution in [2.75, 3.05) is 6.61 Å². The molecule has 128 valence electrons. The van der Waals surface area contributed by atoms with Gasteiger partial charge < -0.3 is 13.3 Å². The first-order valence-electron chi connectivity index (χ1n) is 8.17. The zero-order valence-electron chi connectivity index (χ0n) is 16.0. The molecule has 0 fully saturated rings. The average Bonchev–Trinajstić information content (AvgIpc) is 2.16. The van der Waals surface area contributed by atoms with Crippen molar-refractivity contribution in [2.24, 2.45) is 0 Å². The fourth-order valence-electron chi connectivity index (χ4n) is 2.10. The molecule has 6 heteroatoms. The van der Waals surface area contributed by atoms with Crippen LogP contribution in [0.5, 0.6) is 0 Å². The lowest BCUT2D eigenvalue weighted by Gasteiger charge is -2.30. The molecule has 0 saturated heterocycles. The molecule has 0 saturated carbocycles. The summed E-state index contributed by atoms with van der Waals surface area (Å²) in [5.74, 6) is 0. The maximum absolute atomic E-state index is 6.31. The van der Waals surface area contributed by atoms with E-state index < -0.39 is 25.0 Å².